The molecule has 3 heteroatoms. The van der Waals surface area contributed by atoms with Crippen molar-refractivity contribution in [1.29, 1.82) is 0 Å². The van der Waals surface area contributed by atoms with Gasteiger partial charge in [0.15, 0.2) is 0 Å². The fourth-order valence-electron chi connectivity index (χ4n) is 0.866. The molecule has 0 fully saturated rings. The van der Waals surface area contributed by atoms with E-state index < -0.39 is 8.96 Å². The van der Waals surface area contributed by atoms with Crippen molar-refractivity contribution in [3.63, 3.8) is 0 Å². The third-order valence-corrected chi connectivity index (χ3v) is 2.17. The van der Waals surface area contributed by atoms with Crippen molar-refractivity contribution in [3.05, 3.63) is 14.9 Å². The molecule has 68 valence electrons. The van der Waals surface area contributed by atoms with Crippen molar-refractivity contribution in [2.24, 2.45) is 0 Å². The Balaban J connectivity index is -0.0000000817. The summed E-state index contributed by atoms with van der Waals surface area (Å²) < 4.78 is 0. The van der Waals surface area contributed by atoms with E-state index in [0.29, 0.717) is 5.54 Å². The maximum atomic E-state index is 3.52. The van der Waals surface area contributed by atoms with Crippen molar-refractivity contribution < 1.29 is 21.7 Å². The molecule has 1 nitrogen and oxygen atoms in total. The smallest absolute Gasteiger partial charge is 0.358 e. The van der Waals surface area contributed by atoms with Gasteiger partial charge in [-0.15, -0.1) is 0 Å². The molecule has 0 aliphatic rings. The van der Waals surface area contributed by atoms with Crippen LogP contribution in [0, 0.1) is 14.9 Å². The molecule has 11 heavy (non-hydrogen) atoms. The SMILES string of the molecule is C[SiH](C)NC(C)(C)C.[CH3-].[CH3-].[Ti+2]. The predicted octanol–water partition coefficient (Wildman–Crippen LogP) is 2.26. The van der Waals surface area contributed by atoms with Crippen LogP contribution in [0.2, 0.25) is 13.1 Å². The second-order valence-electron chi connectivity index (χ2n) is 3.55. The normalized spacial score (nSPS) is 9.27. The molecule has 0 atom stereocenters. The summed E-state index contributed by atoms with van der Waals surface area (Å²) in [6.45, 7) is 11.2. The van der Waals surface area contributed by atoms with E-state index in [1.807, 2.05) is 0 Å². The van der Waals surface area contributed by atoms with E-state index in [1.54, 1.807) is 0 Å². The molecule has 0 unspecified atom stereocenters. The van der Waals surface area contributed by atoms with E-state index in [0.717, 1.165) is 0 Å². The molecule has 0 aromatic rings. The fraction of sp³-hybridized carbons (Fsp3) is 0.750. The quantitative estimate of drug-likeness (QED) is 0.516. The van der Waals surface area contributed by atoms with Crippen LogP contribution in [0.5, 0.6) is 0 Å². The number of nitrogens with one attached hydrogen (secondary N) is 1. The monoisotopic (exact) mass is 209 g/mol. The van der Waals surface area contributed by atoms with E-state index in [9.17, 15) is 0 Å². The van der Waals surface area contributed by atoms with Crippen LogP contribution in [0.3, 0.4) is 0 Å². The van der Waals surface area contributed by atoms with Crippen molar-refractivity contribution in [3.8, 4) is 0 Å². The van der Waals surface area contributed by atoms with Crippen molar-refractivity contribution in [1.82, 2.24) is 4.98 Å². The first-order valence-electron chi connectivity index (χ1n) is 3.19. The average Bonchev–Trinajstić information content (AvgIpc) is 1.21. The van der Waals surface area contributed by atoms with Gasteiger partial charge in [-0.05, 0) is 20.8 Å². The Hall–Kier alpha value is 0.891. The molecule has 0 bridgehead atoms. The summed E-state index contributed by atoms with van der Waals surface area (Å²) in [4.78, 5) is 3.52. The summed E-state index contributed by atoms with van der Waals surface area (Å²) in [6, 6.07) is 0. The van der Waals surface area contributed by atoms with Crippen LogP contribution in [-0.2, 0) is 21.7 Å². The molecule has 1 N–H and O–H groups in total. The molecule has 0 saturated heterocycles. The summed E-state index contributed by atoms with van der Waals surface area (Å²) in [5.41, 5.74) is 0.334. The third kappa shape index (κ3) is 24.8. The van der Waals surface area contributed by atoms with E-state index in [-0.39, 0.29) is 36.6 Å². The zero-order valence-electron chi connectivity index (χ0n) is 9.08. The standard InChI is InChI=1S/C6H17NSi.2CH3.Ti/c1-6(2,3)7-8(4)5;;;/h7-8H,1-5H3;2*1H3;/q;2*-1;+2. The Bertz CT molecular complexity index is 69.0. The minimum Gasteiger partial charge on any atom is -0.358 e. The van der Waals surface area contributed by atoms with Crippen LogP contribution >= 0.6 is 0 Å². The Kier molecular flexibility index (Phi) is 18.5. The minimum absolute atomic E-state index is 0. The number of hydrogen-bond acceptors (Lipinski definition) is 1. The summed E-state index contributed by atoms with van der Waals surface area (Å²) in [5.74, 6) is 0. The van der Waals surface area contributed by atoms with Gasteiger partial charge in [-0.25, -0.2) is 0 Å². The number of hydrogen-bond donors (Lipinski definition) is 1. The maximum absolute atomic E-state index is 3.52. The molecule has 0 aliphatic heterocycles. The number of rotatable bonds is 1. The third-order valence-electron chi connectivity index (χ3n) is 0.722. The molecule has 0 aliphatic carbocycles. The van der Waals surface area contributed by atoms with Crippen molar-refractivity contribution >= 4 is 8.96 Å². The van der Waals surface area contributed by atoms with Crippen LogP contribution in [0.15, 0.2) is 0 Å². The molecule has 0 aromatic carbocycles. The first-order valence-corrected chi connectivity index (χ1v) is 6.08. The molecule has 0 saturated carbocycles. The van der Waals surface area contributed by atoms with Gasteiger partial charge < -0.3 is 19.8 Å². The largest absolute Gasteiger partial charge is 2.00 e. The van der Waals surface area contributed by atoms with E-state index in [2.05, 4.69) is 38.8 Å². The second kappa shape index (κ2) is 8.98. The van der Waals surface area contributed by atoms with Gasteiger partial charge in [-0.1, -0.05) is 13.1 Å². The summed E-state index contributed by atoms with van der Waals surface area (Å²) >= 11 is 0. The summed E-state index contributed by atoms with van der Waals surface area (Å²) in [6.07, 6.45) is 0. The molecular weight excluding hydrogens is 186 g/mol. The zero-order valence-corrected chi connectivity index (χ0v) is 11.8. The van der Waals surface area contributed by atoms with Gasteiger partial charge >= 0.3 is 21.7 Å². The molecule has 0 rings (SSSR count). The first-order chi connectivity index (χ1) is 3.42. The molecule has 0 spiro atoms. The fourth-order valence-corrected chi connectivity index (χ4v) is 2.60. The molecule has 0 heterocycles. The van der Waals surface area contributed by atoms with Gasteiger partial charge in [0.2, 0.25) is 0 Å². The van der Waals surface area contributed by atoms with Crippen LogP contribution in [0.4, 0.5) is 0 Å². The van der Waals surface area contributed by atoms with Gasteiger partial charge in [0.05, 0.1) is 0 Å². The van der Waals surface area contributed by atoms with Gasteiger partial charge in [-0.2, -0.15) is 0 Å². The molecule has 0 aromatic heterocycles. The molecular formula is C8H23NSiTi. The predicted molar refractivity (Wildman–Crippen MR) is 54.6 cm³/mol. The van der Waals surface area contributed by atoms with Crippen LogP contribution in [0.25, 0.3) is 0 Å². The van der Waals surface area contributed by atoms with Gasteiger partial charge in [0.25, 0.3) is 0 Å². The van der Waals surface area contributed by atoms with E-state index in [1.165, 1.54) is 0 Å². The summed E-state index contributed by atoms with van der Waals surface area (Å²) in [7, 11) is -0.546. The van der Waals surface area contributed by atoms with Crippen LogP contribution in [0.1, 0.15) is 20.8 Å². The van der Waals surface area contributed by atoms with Gasteiger partial charge in [0.1, 0.15) is 8.96 Å². The van der Waals surface area contributed by atoms with Gasteiger partial charge in [0, 0.05) is 5.54 Å². The molecule has 0 radical (unpaired) electrons. The van der Waals surface area contributed by atoms with Crippen LogP contribution < -0.4 is 4.98 Å². The second-order valence-corrected chi connectivity index (χ2v) is 6.15. The topological polar surface area (TPSA) is 12.0 Å². The van der Waals surface area contributed by atoms with E-state index >= 15 is 0 Å². The zero-order chi connectivity index (χ0) is 6.78. The molecule has 0 amide bonds. The van der Waals surface area contributed by atoms with E-state index in [4.69, 9.17) is 0 Å². The first kappa shape index (κ1) is 22.7. The summed E-state index contributed by atoms with van der Waals surface area (Å²) in [5, 5.41) is 0. The Labute approximate surface area is 89.9 Å². The maximum Gasteiger partial charge on any atom is 2.00 e. The average molecular weight is 209 g/mol. The van der Waals surface area contributed by atoms with Crippen LogP contribution in [-0.4, -0.2) is 14.5 Å². The Morgan fingerprint density at radius 1 is 1.00 bits per heavy atom. The van der Waals surface area contributed by atoms with Gasteiger partial charge in [-0.3, -0.25) is 0 Å². The van der Waals surface area contributed by atoms with Crippen molar-refractivity contribution in [2.75, 3.05) is 0 Å². The Morgan fingerprint density at radius 2 is 1.27 bits per heavy atom. The minimum atomic E-state index is -0.546. The Morgan fingerprint density at radius 3 is 1.27 bits per heavy atom. The van der Waals surface area contributed by atoms with Crippen molar-refractivity contribution in [2.45, 2.75) is 39.4 Å².